The minimum absolute atomic E-state index is 0.115. The fraction of sp³-hybridized carbons (Fsp3) is 0.316. The number of para-hydroxylation sites is 2. The fourth-order valence-electron chi connectivity index (χ4n) is 3.15. The van der Waals surface area contributed by atoms with Crippen molar-refractivity contribution in [3.8, 4) is 5.75 Å². The number of hydrogen-bond donors (Lipinski definition) is 1. The molecule has 1 aliphatic heterocycles. The highest BCUT2D eigenvalue weighted by atomic mass is 35.5. The molecule has 1 aliphatic rings. The summed E-state index contributed by atoms with van der Waals surface area (Å²) in [5.41, 5.74) is 1.30. The van der Waals surface area contributed by atoms with Crippen molar-refractivity contribution >= 4 is 34.6 Å². The summed E-state index contributed by atoms with van der Waals surface area (Å²) in [7, 11) is 1.66. The lowest BCUT2D eigenvalue weighted by molar-refractivity contribution is -0.384. The summed E-state index contributed by atoms with van der Waals surface area (Å²) in [5, 5.41) is 13.6. The van der Waals surface area contributed by atoms with Crippen LogP contribution in [0.3, 0.4) is 0 Å². The second kappa shape index (κ2) is 8.90. The minimum Gasteiger partial charge on any atom is -0.495 e. The molecule has 0 bridgehead atoms. The van der Waals surface area contributed by atoms with E-state index in [0.717, 1.165) is 37.6 Å². The molecule has 3 rings (SSSR count). The first-order chi connectivity index (χ1) is 13.5. The molecule has 0 radical (unpaired) electrons. The van der Waals surface area contributed by atoms with Crippen molar-refractivity contribution < 1.29 is 14.5 Å². The second-order valence-electron chi connectivity index (χ2n) is 6.40. The van der Waals surface area contributed by atoms with E-state index < -0.39 is 4.92 Å². The van der Waals surface area contributed by atoms with Crippen LogP contribution in [0.1, 0.15) is 0 Å². The molecule has 0 unspecified atom stereocenters. The topological polar surface area (TPSA) is 88.0 Å². The largest absolute Gasteiger partial charge is 0.495 e. The van der Waals surface area contributed by atoms with Crippen LogP contribution in [0.4, 0.5) is 17.1 Å². The summed E-state index contributed by atoms with van der Waals surface area (Å²) >= 11 is 6.02. The number of non-ortho nitro benzene ring substituents is 1. The molecule has 1 saturated heterocycles. The maximum Gasteiger partial charge on any atom is 0.271 e. The van der Waals surface area contributed by atoms with Gasteiger partial charge < -0.3 is 15.0 Å². The van der Waals surface area contributed by atoms with E-state index >= 15 is 0 Å². The second-order valence-corrected chi connectivity index (χ2v) is 6.81. The van der Waals surface area contributed by atoms with Crippen LogP contribution < -0.4 is 15.0 Å². The molecule has 0 atom stereocenters. The molecule has 148 valence electrons. The predicted molar refractivity (Wildman–Crippen MR) is 108 cm³/mol. The van der Waals surface area contributed by atoms with E-state index in [9.17, 15) is 14.9 Å². The Hall–Kier alpha value is -2.84. The standard InChI is InChI=1S/C19H21ClN4O4/c1-28-18-5-3-2-4-17(18)23-10-8-22(9-11-23)13-19(25)21-16-7-6-14(24(26)27)12-15(16)20/h2-7,12H,8-11,13H2,1H3,(H,21,25). The van der Waals surface area contributed by atoms with Crippen LogP contribution in [-0.2, 0) is 4.79 Å². The number of carbonyl (C=O) groups excluding carboxylic acids is 1. The Morgan fingerprint density at radius 1 is 1.21 bits per heavy atom. The number of nitrogens with zero attached hydrogens (tertiary/aromatic N) is 3. The van der Waals surface area contributed by atoms with Gasteiger partial charge in [-0.3, -0.25) is 19.8 Å². The Morgan fingerprint density at radius 2 is 1.93 bits per heavy atom. The van der Waals surface area contributed by atoms with E-state index in [-0.39, 0.29) is 23.2 Å². The molecule has 2 aromatic rings. The van der Waals surface area contributed by atoms with E-state index in [4.69, 9.17) is 16.3 Å². The number of piperazine rings is 1. The van der Waals surface area contributed by atoms with Gasteiger partial charge in [-0.2, -0.15) is 0 Å². The SMILES string of the molecule is COc1ccccc1N1CCN(CC(=O)Nc2ccc([N+](=O)[O-])cc2Cl)CC1. The van der Waals surface area contributed by atoms with Gasteiger partial charge in [0, 0.05) is 38.3 Å². The number of nitro benzene ring substituents is 1. The summed E-state index contributed by atoms with van der Waals surface area (Å²) in [5.74, 6) is 0.628. The molecule has 2 aromatic carbocycles. The lowest BCUT2D eigenvalue weighted by Crippen LogP contribution is -2.48. The van der Waals surface area contributed by atoms with E-state index in [1.165, 1.54) is 18.2 Å². The average Bonchev–Trinajstić information content (AvgIpc) is 2.70. The van der Waals surface area contributed by atoms with Crippen LogP contribution in [0.25, 0.3) is 0 Å². The molecule has 0 spiro atoms. The Bertz CT molecular complexity index is 869. The summed E-state index contributed by atoms with van der Waals surface area (Å²) < 4.78 is 5.42. The summed E-state index contributed by atoms with van der Waals surface area (Å²) in [6.07, 6.45) is 0. The van der Waals surface area contributed by atoms with Gasteiger partial charge in [-0.05, 0) is 18.2 Å². The molecule has 28 heavy (non-hydrogen) atoms. The van der Waals surface area contributed by atoms with Crippen LogP contribution >= 0.6 is 11.6 Å². The van der Waals surface area contributed by atoms with Crippen LogP contribution in [0.5, 0.6) is 5.75 Å². The van der Waals surface area contributed by atoms with E-state index in [1.807, 2.05) is 24.3 Å². The van der Waals surface area contributed by atoms with E-state index in [1.54, 1.807) is 7.11 Å². The number of benzene rings is 2. The van der Waals surface area contributed by atoms with Crippen molar-refractivity contribution in [2.45, 2.75) is 0 Å². The predicted octanol–water partition coefficient (Wildman–Crippen LogP) is 3.02. The summed E-state index contributed by atoms with van der Waals surface area (Å²) in [6.45, 7) is 3.27. The normalized spacial score (nSPS) is 14.6. The molecule has 0 aromatic heterocycles. The van der Waals surface area contributed by atoms with Crippen molar-refractivity contribution in [3.05, 3.63) is 57.6 Å². The number of rotatable bonds is 6. The minimum atomic E-state index is -0.529. The monoisotopic (exact) mass is 404 g/mol. The van der Waals surface area contributed by atoms with Crippen LogP contribution in [-0.4, -0.2) is 55.6 Å². The molecular weight excluding hydrogens is 384 g/mol. The van der Waals surface area contributed by atoms with Crippen molar-refractivity contribution in [2.75, 3.05) is 50.1 Å². The molecule has 0 saturated carbocycles. The molecule has 1 heterocycles. The van der Waals surface area contributed by atoms with Gasteiger partial charge in [0.15, 0.2) is 0 Å². The highest BCUT2D eigenvalue weighted by Crippen LogP contribution is 2.29. The third-order valence-electron chi connectivity index (χ3n) is 4.60. The van der Waals surface area contributed by atoms with Crippen molar-refractivity contribution in [1.82, 2.24) is 4.90 Å². The summed E-state index contributed by atoms with van der Waals surface area (Å²) in [6, 6.07) is 11.9. The van der Waals surface area contributed by atoms with Gasteiger partial charge in [-0.15, -0.1) is 0 Å². The van der Waals surface area contributed by atoms with E-state index in [0.29, 0.717) is 5.69 Å². The van der Waals surface area contributed by atoms with Gasteiger partial charge in [0.25, 0.3) is 5.69 Å². The first-order valence-electron chi connectivity index (χ1n) is 8.82. The Morgan fingerprint density at radius 3 is 2.57 bits per heavy atom. The lowest BCUT2D eigenvalue weighted by Gasteiger charge is -2.36. The van der Waals surface area contributed by atoms with Crippen LogP contribution in [0.2, 0.25) is 5.02 Å². The van der Waals surface area contributed by atoms with Gasteiger partial charge in [0.05, 0.1) is 35.0 Å². The smallest absolute Gasteiger partial charge is 0.271 e. The van der Waals surface area contributed by atoms with Crippen LogP contribution in [0.15, 0.2) is 42.5 Å². The zero-order chi connectivity index (χ0) is 20.1. The zero-order valence-electron chi connectivity index (χ0n) is 15.4. The molecule has 1 fully saturated rings. The molecule has 8 nitrogen and oxygen atoms in total. The highest BCUT2D eigenvalue weighted by Gasteiger charge is 2.21. The number of hydrogen-bond acceptors (Lipinski definition) is 6. The number of methoxy groups -OCH3 is 1. The highest BCUT2D eigenvalue weighted by molar-refractivity contribution is 6.34. The van der Waals surface area contributed by atoms with Gasteiger partial charge in [0.2, 0.25) is 5.91 Å². The number of nitro groups is 1. The summed E-state index contributed by atoms with van der Waals surface area (Å²) in [4.78, 5) is 26.8. The Labute approximate surface area is 167 Å². The quantitative estimate of drug-likeness (QED) is 0.588. The van der Waals surface area contributed by atoms with Crippen LogP contribution in [0, 0.1) is 10.1 Å². The molecule has 1 amide bonds. The van der Waals surface area contributed by atoms with E-state index in [2.05, 4.69) is 15.1 Å². The zero-order valence-corrected chi connectivity index (χ0v) is 16.2. The van der Waals surface area contributed by atoms with Crippen molar-refractivity contribution in [2.24, 2.45) is 0 Å². The average molecular weight is 405 g/mol. The third kappa shape index (κ3) is 4.71. The first kappa shape index (κ1) is 19.9. The van der Waals surface area contributed by atoms with Gasteiger partial charge >= 0.3 is 0 Å². The van der Waals surface area contributed by atoms with Crippen molar-refractivity contribution in [3.63, 3.8) is 0 Å². The number of carbonyl (C=O) groups is 1. The molecule has 0 aliphatic carbocycles. The number of anilines is 2. The molecule has 9 heteroatoms. The number of amides is 1. The third-order valence-corrected chi connectivity index (χ3v) is 4.92. The number of nitrogens with one attached hydrogen (secondary N) is 1. The first-order valence-corrected chi connectivity index (χ1v) is 9.20. The van der Waals surface area contributed by atoms with Gasteiger partial charge in [0.1, 0.15) is 5.75 Å². The maximum absolute atomic E-state index is 12.3. The van der Waals surface area contributed by atoms with Gasteiger partial charge in [-0.1, -0.05) is 23.7 Å². The number of ether oxygens (including phenoxy) is 1. The van der Waals surface area contributed by atoms with Gasteiger partial charge in [-0.25, -0.2) is 0 Å². The molecule has 1 N–H and O–H groups in total. The molecular formula is C19H21ClN4O4. The Kier molecular flexibility index (Phi) is 6.33. The lowest BCUT2D eigenvalue weighted by atomic mass is 10.2. The van der Waals surface area contributed by atoms with Crippen molar-refractivity contribution in [1.29, 1.82) is 0 Å². The maximum atomic E-state index is 12.3. The fourth-order valence-corrected chi connectivity index (χ4v) is 3.37. The number of halogens is 1. The Balaban J connectivity index is 1.53.